The van der Waals surface area contributed by atoms with Gasteiger partial charge in [-0.25, -0.2) is 9.97 Å². The highest BCUT2D eigenvalue weighted by Crippen LogP contribution is 2.22. The monoisotopic (exact) mass is 330 g/mol. The topological polar surface area (TPSA) is 67.8 Å². The number of nitrogens with one attached hydrogen (secondary N) is 1. The first-order chi connectivity index (χ1) is 10.7. The number of carbonyl (C=O) groups is 1. The summed E-state index contributed by atoms with van der Waals surface area (Å²) in [6, 6.07) is 3.84. The molecule has 3 rings (SSSR count). The minimum Gasteiger partial charge on any atom is -0.351 e. The molecule has 0 bridgehead atoms. The lowest BCUT2D eigenvalue weighted by atomic mass is 10.3. The van der Waals surface area contributed by atoms with Gasteiger partial charge in [-0.15, -0.1) is 22.7 Å². The van der Waals surface area contributed by atoms with Gasteiger partial charge in [0.15, 0.2) is 0 Å². The molecule has 0 aliphatic heterocycles. The number of nitrogens with zero attached hydrogens (tertiary/aromatic N) is 3. The Morgan fingerprint density at radius 1 is 1.36 bits per heavy atom. The molecule has 5 nitrogen and oxygen atoms in total. The zero-order valence-corrected chi connectivity index (χ0v) is 13.6. The number of aromatic nitrogens is 3. The number of carbonyl (C=O) groups excluding carboxylic acids is 1. The van der Waals surface area contributed by atoms with Crippen molar-refractivity contribution >= 4 is 28.6 Å². The van der Waals surface area contributed by atoms with Crippen molar-refractivity contribution in [1.29, 1.82) is 0 Å². The first-order valence-electron chi connectivity index (χ1n) is 6.73. The number of hydrogen-bond acceptors (Lipinski definition) is 6. The molecule has 0 spiro atoms. The van der Waals surface area contributed by atoms with Crippen LogP contribution in [-0.4, -0.2) is 20.9 Å². The van der Waals surface area contributed by atoms with Crippen LogP contribution in [0.15, 0.2) is 36.1 Å². The highest BCUT2D eigenvalue weighted by Gasteiger charge is 2.09. The van der Waals surface area contributed by atoms with E-state index < -0.39 is 0 Å². The van der Waals surface area contributed by atoms with Gasteiger partial charge in [-0.2, -0.15) is 0 Å². The molecule has 0 saturated carbocycles. The molecule has 0 unspecified atom stereocenters. The Labute approximate surface area is 136 Å². The molecule has 1 amide bonds. The average molecular weight is 330 g/mol. The van der Waals surface area contributed by atoms with Gasteiger partial charge in [0.1, 0.15) is 5.01 Å². The number of hydrogen-bond donors (Lipinski definition) is 1. The predicted octanol–water partition coefficient (Wildman–Crippen LogP) is 2.83. The molecule has 1 N–H and O–H groups in total. The number of aryl methyl sites for hydroxylation is 1. The average Bonchev–Trinajstić information content (AvgIpc) is 3.15. The summed E-state index contributed by atoms with van der Waals surface area (Å²) in [5.41, 5.74) is 1.75. The van der Waals surface area contributed by atoms with Crippen LogP contribution in [0.4, 0.5) is 0 Å². The molecule has 3 aromatic rings. The van der Waals surface area contributed by atoms with Gasteiger partial charge in [0, 0.05) is 34.4 Å². The molecule has 22 heavy (non-hydrogen) atoms. The maximum absolute atomic E-state index is 12.0. The summed E-state index contributed by atoms with van der Waals surface area (Å²) in [4.78, 5) is 25.8. The van der Waals surface area contributed by atoms with Crippen LogP contribution < -0.4 is 5.32 Å². The fourth-order valence-corrected chi connectivity index (χ4v) is 3.45. The Hall–Kier alpha value is -2.12. The van der Waals surface area contributed by atoms with Crippen molar-refractivity contribution in [3.63, 3.8) is 0 Å². The van der Waals surface area contributed by atoms with E-state index in [0.717, 1.165) is 26.1 Å². The Balaban J connectivity index is 1.57. The highest BCUT2D eigenvalue weighted by atomic mass is 32.1. The highest BCUT2D eigenvalue weighted by molar-refractivity contribution is 7.13. The van der Waals surface area contributed by atoms with E-state index in [9.17, 15) is 4.79 Å². The second-order valence-corrected chi connectivity index (χ2v) is 6.86. The fraction of sp³-hybridized carbons (Fsp3) is 0.200. The minimum atomic E-state index is -0.0333. The Morgan fingerprint density at radius 2 is 2.27 bits per heavy atom. The molecule has 3 aromatic heterocycles. The molecule has 0 fully saturated rings. The van der Waals surface area contributed by atoms with Crippen molar-refractivity contribution in [2.45, 2.75) is 19.9 Å². The van der Waals surface area contributed by atoms with Crippen LogP contribution in [-0.2, 0) is 17.8 Å². The van der Waals surface area contributed by atoms with Crippen molar-refractivity contribution in [3.8, 4) is 10.6 Å². The quantitative estimate of drug-likeness (QED) is 0.781. The summed E-state index contributed by atoms with van der Waals surface area (Å²) in [5, 5.41) is 6.70. The zero-order valence-electron chi connectivity index (χ0n) is 11.9. The van der Waals surface area contributed by atoms with E-state index in [2.05, 4.69) is 20.3 Å². The van der Waals surface area contributed by atoms with E-state index in [0.29, 0.717) is 6.54 Å². The van der Waals surface area contributed by atoms with Crippen LogP contribution in [0.5, 0.6) is 0 Å². The molecule has 7 heteroatoms. The molecule has 0 atom stereocenters. The van der Waals surface area contributed by atoms with Crippen molar-refractivity contribution < 1.29 is 4.79 Å². The maximum atomic E-state index is 12.0. The minimum absolute atomic E-state index is 0.0333. The molecule has 0 radical (unpaired) electrons. The van der Waals surface area contributed by atoms with Crippen LogP contribution in [0.1, 0.15) is 15.6 Å². The van der Waals surface area contributed by atoms with E-state index in [1.807, 2.05) is 24.4 Å². The molecule has 0 aliphatic rings. The standard InChI is InChI=1S/C15H14N4OS2/c1-10-17-7-13(22-10)8-18-14(20)5-12-9-21-15(19-12)11-3-2-4-16-6-11/h2-4,6-7,9H,5,8H2,1H3,(H,18,20). The number of amides is 1. The number of thiazole rings is 2. The Bertz CT molecular complexity index is 767. The molecule has 0 aromatic carbocycles. The van der Waals surface area contributed by atoms with E-state index >= 15 is 0 Å². The van der Waals surface area contributed by atoms with Crippen LogP contribution in [0.2, 0.25) is 0 Å². The van der Waals surface area contributed by atoms with Gasteiger partial charge in [0.25, 0.3) is 0 Å². The summed E-state index contributed by atoms with van der Waals surface area (Å²) >= 11 is 3.11. The third kappa shape index (κ3) is 3.75. The first-order valence-corrected chi connectivity index (χ1v) is 8.43. The fourth-order valence-electron chi connectivity index (χ4n) is 1.91. The summed E-state index contributed by atoms with van der Waals surface area (Å²) in [7, 11) is 0. The van der Waals surface area contributed by atoms with Gasteiger partial charge in [0.2, 0.25) is 5.91 Å². The van der Waals surface area contributed by atoms with Gasteiger partial charge in [-0.05, 0) is 19.1 Å². The lowest BCUT2D eigenvalue weighted by Crippen LogP contribution is -2.24. The lowest BCUT2D eigenvalue weighted by molar-refractivity contribution is -0.120. The van der Waals surface area contributed by atoms with Gasteiger partial charge in [0.05, 0.1) is 23.7 Å². The van der Waals surface area contributed by atoms with E-state index in [1.165, 1.54) is 11.3 Å². The lowest BCUT2D eigenvalue weighted by Gasteiger charge is -2.01. The summed E-state index contributed by atoms with van der Waals surface area (Å²) in [5.74, 6) is -0.0333. The van der Waals surface area contributed by atoms with Gasteiger partial charge >= 0.3 is 0 Å². The van der Waals surface area contributed by atoms with Crippen molar-refractivity contribution in [2.24, 2.45) is 0 Å². The Morgan fingerprint density at radius 3 is 3.00 bits per heavy atom. The summed E-state index contributed by atoms with van der Waals surface area (Å²) in [6.07, 6.45) is 5.58. The molecular formula is C15H14N4OS2. The molecular weight excluding hydrogens is 316 g/mol. The third-order valence-corrected chi connectivity index (χ3v) is 4.78. The first kappa shape index (κ1) is 14.8. The second kappa shape index (κ2) is 6.76. The third-order valence-electron chi connectivity index (χ3n) is 2.93. The van der Waals surface area contributed by atoms with Crippen molar-refractivity contribution in [3.05, 3.63) is 51.7 Å². The smallest absolute Gasteiger partial charge is 0.226 e. The van der Waals surface area contributed by atoms with Gasteiger partial charge < -0.3 is 5.32 Å². The number of pyridine rings is 1. The predicted molar refractivity (Wildman–Crippen MR) is 87.7 cm³/mol. The molecule has 0 saturated heterocycles. The van der Waals surface area contributed by atoms with Gasteiger partial charge in [-0.3, -0.25) is 9.78 Å². The zero-order chi connectivity index (χ0) is 15.4. The van der Waals surface area contributed by atoms with Crippen molar-refractivity contribution in [1.82, 2.24) is 20.3 Å². The van der Waals surface area contributed by atoms with E-state index in [4.69, 9.17) is 0 Å². The molecule has 0 aliphatic carbocycles. The van der Waals surface area contributed by atoms with Crippen molar-refractivity contribution in [2.75, 3.05) is 0 Å². The van der Waals surface area contributed by atoms with Crippen LogP contribution in [0.25, 0.3) is 10.6 Å². The van der Waals surface area contributed by atoms with Crippen LogP contribution in [0, 0.1) is 6.92 Å². The molecule has 112 valence electrons. The SMILES string of the molecule is Cc1ncc(CNC(=O)Cc2csc(-c3cccnc3)n2)s1. The van der Waals surface area contributed by atoms with E-state index in [1.54, 1.807) is 29.9 Å². The van der Waals surface area contributed by atoms with E-state index in [-0.39, 0.29) is 12.3 Å². The normalized spacial score (nSPS) is 10.6. The van der Waals surface area contributed by atoms with Crippen LogP contribution in [0.3, 0.4) is 0 Å². The summed E-state index contributed by atoms with van der Waals surface area (Å²) < 4.78 is 0. The van der Waals surface area contributed by atoms with Gasteiger partial charge in [-0.1, -0.05) is 0 Å². The largest absolute Gasteiger partial charge is 0.351 e. The maximum Gasteiger partial charge on any atom is 0.226 e. The van der Waals surface area contributed by atoms with Crippen LogP contribution >= 0.6 is 22.7 Å². The number of rotatable bonds is 5. The summed E-state index contributed by atoms with van der Waals surface area (Å²) in [6.45, 7) is 2.47. The Kier molecular flexibility index (Phi) is 4.55. The molecule has 3 heterocycles. The second-order valence-electron chi connectivity index (χ2n) is 4.68.